The van der Waals surface area contributed by atoms with Gasteiger partial charge in [0.15, 0.2) is 0 Å². The van der Waals surface area contributed by atoms with Crippen LogP contribution in [-0.2, 0) is 19.1 Å². The van der Waals surface area contributed by atoms with Gasteiger partial charge in [-0.1, -0.05) is 0 Å². The summed E-state index contributed by atoms with van der Waals surface area (Å²) in [4.78, 5) is 52.7. The molecule has 0 unspecified atom stereocenters. The number of carboxylic acids is 1. The molecule has 0 aliphatic carbocycles. The van der Waals surface area contributed by atoms with Gasteiger partial charge in [0.25, 0.3) is 0 Å². The molecular weight excluding hydrogens is 615 g/mol. The fourth-order valence-corrected chi connectivity index (χ4v) is 4.95. The van der Waals surface area contributed by atoms with E-state index in [1.165, 1.54) is 28.8 Å². The largest absolute Gasteiger partial charge is 0.444 e. The molecule has 11 heteroatoms. The van der Waals surface area contributed by atoms with E-state index in [4.69, 9.17) is 4.74 Å². The van der Waals surface area contributed by atoms with Crippen molar-refractivity contribution >= 4 is 56.5 Å². The quantitative estimate of drug-likeness (QED) is 0.240. The number of unbranched alkanes of at least 4 members (excludes halogenated alkanes) is 2. The van der Waals surface area contributed by atoms with E-state index in [1.54, 1.807) is 27.8 Å². The molecule has 31 heavy (non-hydrogen) atoms. The zero-order chi connectivity index (χ0) is 24.2. The third-order valence-electron chi connectivity index (χ3n) is 4.52. The van der Waals surface area contributed by atoms with Crippen LogP contribution in [0.2, 0.25) is 0 Å². The van der Waals surface area contributed by atoms with E-state index < -0.39 is 36.0 Å². The monoisotopic (exact) mass is 651 g/mol. The second-order valence-electron chi connectivity index (χ2n) is 8.46. The average Bonchev–Trinajstić information content (AvgIpc) is 2.66. The van der Waals surface area contributed by atoms with Crippen molar-refractivity contribution in [3.8, 4) is 0 Å². The minimum atomic E-state index is -1.15. The second-order valence-corrected chi connectivity index (χ2v) is 13.1. The molecular formula is C20H36N3O6STl. The molecule has 1 atom stereocenters. The Morgan fingerprint density at radius 1 is 1.00 bits per heavy atom. The number of likely N-dealkylation sites (N-methyl/N-ethyl adjacent to an activating group) is 3. The van der Waals surface area contributed by atoms with Crippen molar-refractivity contribution in [2.75, 3.05) is 40.0 Å². The molecule has 0 aromatic rings. The fourth-order valence-electron chi connectivity index (χ4n) is 2.64. The summed E-state index contributed by atoms with van der Waals surface area (Å²) < 4.78 is 5.28. The van der Waals surface area contributed by atoms with Gasteiger partial charge < -0.3 is 9.64 Å². The summed E-state index contributed by atoms with van der Waals surface area (Å²) >= 11 is 0.918. The Labute approximate surface area is 204 Å². The van der Waals surface area contributed by atoms with Crippen LogP contribution in [0.4, 0.5) is 4.79 Å². The summed E-state index contributed by atoms with van der Waals surface area (Å²) in [6.07, 6.45) is 2.03. The average molecular weight is 651 g/mol. The maximum absolute atomic E-state index is 12.9. The Morgan fingerprint density at radius 2 is 1.58 bits per heavy atom. The van der Waals surface area contributed by atoms with Gasteiger partial charge in [0, 0.05) is 13.6 Å². The molecule has 0 heterocycles. The van der Waals surface area contributed by atoms with Crippen molar-refractivity contribution in [3.05, 3.63) is 0 Å². The van der Waals surface area contributed by atoms with Gasteiger partial charge in [0.1, 0.15) is 5.60 Å². The van der Waals surface area contributed by atoms with E-state index in [1.807, 2.05) is 8.31 Å². The Morgan fingerprint density at radius 3 is 2.10 bits per heavy atom. The third-order valence-corrected chi connectivity index (χ3v) is 7.79. The van der Waals surface area contributed by atoms with Crippen molar-refractivity contribution in [1.82, 2.24) is 14.7 Å². The summed E-state index contributed by atoms with van der Waals surface area (Å²) in [7, 11) is 6.49. The topological polar surface area (TPSA) is 107 Å². The molecule has 176 valence electrons. The summed E-state index contributed by atoms with van der Waals surface area (Å²) in [6, 6.07) is -1.08. The van der Waals surface area contributed by atoms with Crippen LogP contribution in [0.25, 0.3) is 0 Å². The number of carboxylic acid groups (broad SMARTS) is 1. The van der Waals surface area contributed by atoms with Gasteiger partial charge >= 0.3 is 150 Å². The van der Waals surface area contributed by atoms with Crippen molar-refractivity contribution < 1.29 is 29.0 Å². The molecule has 0 aliphatic heterocycles. The first-order valence-corrected chi connectivity index (χ1v) is 16.8. The zero-order valence-corrected chi connectivity index (χ0v) is 24.9. The number of hydrogen-bond donors (Lipinski definition) is 1. The number of aliphatic carboxylic acids is 1. The first-order valence-electron chi connectivity index (χ1n) is 10.3. The third kappa shape index (κ3) is 13.2. The van der Waals surface area contributed by atoms with Crippen LogP contribution < -0.4 is 0 Å². The van der Waals surface area contributed by atoms with E-state index in [9.17, 15) is 24.3 Å². The zero-order valence-electron chi connectivity index (χ0n) is 19.5. The van der Waals surface area contributed by atoms with Crippen molar-refractivity contribution in [1.29, 1.82) is 0 Å². The first-order chi connectivity index (χ1) is 14.3. The van der Waals surface area contributed by atoms with Crippen molar-refractivity contribution in [2.24, 2.45) is 0 Å². The molecule has 9 nitrogen and oxygen atoms in total. The number of carbonyl (C=O) groups excluding carboxylic acids is 3. The second kappa shape index (κ2) is 14.9. The molecule has 0 spiro atoms. The molecule has 0 aromatic heterocycles. The normalized spacial score (nSPS) is 12.0. The fraction of sp³-hybridized carbons (Fsp3) is 0.800. The Bertz CT molecular complexity index is 614. The summed E-state index contributed by atoms with van der Waals surface area (Å²) in [6.45, 7) is 5.70. The molecule has 3 amide bonds. The van der Waals surface area contributed by atoms with E-state index in [2.05, 4.69) is 0 Å². The van der Waals surface area contributed by atoms with Crippen LogP contribution in [0.3, 0.4) is 0 Å². The SMILES string of the molecule is CN(CCN(C)C(=O)[C@H](CC(=O)O)N(C)C(=O)CCCCC[S][Tl])C(=O)OC(C)(C)C. The van der Waals surface area contributed by atoms with E-state index in [-0.39, 0.29) is 19.0 Å². The summed E-state index contributed by atoms with van der Waals surface area (Å²) in [5, 5.41) is 9.24. The molecule has 0 saturated heterocycles. The Balaban J connectivity index is 4.89. The van der Waals surface area contributed by atoms with Gasteiger partial charge in [-0.2, -0.15) is 0 Å². The van der Waals surface area contributed by atoms with Gasteiger partial charge in [-0.05, 0) is 20.8 Å². The molecule has 0 fully saturated rings. The molecule has 0 saturated carbocycles. The summed E-state index contributed by atoms with van der Waals surface area (Å²) in [5.41, 5.74) is -0.625. The minimum absolute atomic E-state index is 0.186. The van der Waals surface area contributed by atoms with Gasteiger partial charge in [-0.3, -0.25) is 0 Å². The smallest absolute Gasteiger partial charge is 0.410 e. The van der Waals surface area contributed by atoms with Crippen molar-refractivity contribution in [3.63, 3.8) is 0 Å². The van der Waals surface area contributed by atoms with E-state index in [0.29, 0.717) is 6.42 Å². The number of ether oxygens (including phenoxy) is 1. The molecule has 0 radical (unpaired) electrons. The molecule has 0 rings (SSSR count). The molecule has 0 aromatic carbocycles. The van der Waals surface area contributed by atoms with Crippen LogP contribution in [0.1, 0.15) is 52.9 Å². The van der Waals surface area contributed by atoms with Crippen LogP contribution in [0.5, 0.6) is 0 Å². The maximum Gasteiger partial charge on any atom is 0.410 e. The van der Waals surface area contributed by atoms with Crippen molar-refractivity contribution in [2.45, 2.75) is 64.5 Å². The standard InChI is InChI=1S/C20H37N3O6S.Tl/c1-20(2,3)29-19(28)22(5)12-11-21(4)18(27)15(14-17(25)26)23(6)16(24)10-8-7-9-13-30;/h15,30H,7-14H2,1-6H3,(H,25,26);/q;+1/p-1/t15-;/m0./s1. The Kier molecular flexibility index (Phi) is 14.4. The number of carbonyl (C=O) groups is 4. The summed E-state index contributed by atoms with van der Waals surface area (Å²) in [5.74, 6) is -0.747. The predicted molar refractivity (Wildman–Crippen MR) is 122 cm³/mol. The van der Waals surface area contributed by atoms with E-state index >= 15 is 0 Å². The van der Waals surface area contributed by atoms with Crippen LogP contribution >= 0.6 is 8.31 Å². The van der Waals surface area contributed by atoms with Gasteiger partial charge in [-0.15, -0.1) is 0 Å². The molecule has 0 bridgehead atoms. The molecule has 0 aliphatic rings. The van der Waals surface area contributed by atoms with Crippen LogP contribution in [-0.4, -0.2) is 120 Å². The minimum Gasteiger partial charge on any atom is -0.444 e. The Hall–Kier alpha value is -1.05. The predicted octanol–water partition coefficient (Wildman–Crippen LogP) is 1.99. The van der Waals surface area contributed by atoms with Gasteiger partial charge in [0.2, 0.25) is 0 Å². The number of hydrogen-bond acceptors (Lipinski definition) is 6. The van der Waals surface area contributed by atoms with Crippen LogP contribution in [0, 0.1) is 0 Å². The first kappa shape index (κ1) is 30.0. The number of rotatable bonds is 13. The van der Waals surface area contributed by atoms with Gasteiger partial charge in [0.05, 0.1) is 0 Å². The maximum atomic E-state index is 12.9. The van der Waals surface area contributed by atoms with Crippen LogP contribution in [0.15, 0.2) is 0 Å². The van der Waals surface area contributed by atoms with E-state index in [0.717, 1.165) is 49.3 Å². The molecule has 1 N–H and O–H groups in total. The van der Waals surface area contributed by atoms with Gasteiger partial charge in [-0.25, -0.2) is 4.79 Å². The number of nitrogens with zero attached hydrogens (tertiary/aromatic N) is 3. The number of amides is 3.